The molecular formula is C21H22N2OS. The van der Waals surface area contributed by atoms with E-state index in [-0.39, 0.29) is 5.91 Å². The van der Waals surface area contributed by atoms with Crippen LogP contribution in [0, 0.1) is 0 Å². The summed E-state index contributed by atoms with van der Waals surface area (Å²) in [6.45, 7) is 4.28. The molecule has 1 amide bonds. The van der Waals surface area contributed by atoms with Crippen LogP contribution in [0.1, 0.15) is 41.8 Å². The second-order valence-corrected chi connectivity index (χ2v) is 6.85. The third-order valence-corrected chi connectivity index (χ3v) is 4.90. The van der Waals surface area contributed by atoms with Crippen LogP contribution in [0.3, 0.4) is 0 Å². The number of hydrogen-bond donors (Lipinski definition) is 1. The molecule has 3 rings (SSSR count). The van der Waals surface area contributed by atoms with Gasteiger partial charge in [-0.2, -0.15) is 0 Å². The molecule has 3 aromatic rings. The maximum atomic E-state index is 12.3. The summed E-state index contributed by atoms with van der Waals surface area (Å²) in [5.74, 6) is -0.123. The largest absolute Gasteiger partial charge is 0.298 e. The summed E-state index contributed by atoms with van der Waals surface area (Å²) in [6.07, 6.45) is 3.20. The standard InChI is InChI=1S/C21H22N2OS/c1-3-5-16-8-10-17(11-9-16)19-14-25-21(22-19)23-20(24)18-12-6-15(4-2)7-13-18/h6-14H,3-5H2,1-2H3,(H,22,23,24). The van der Waals surface area contributed by atoms with Crippen LogP contribution in [0.4, 0.5) is 5.13 Å². The lowest BCUT2D eigenvalue weighted by Crippen LogP contribution is -2.11. The van der Waals surface area contributed by atoms with Gasteiger partial charge >= 0.3 is 0 Å². The van der Waals surface area contributed by atoms with Crippen LogP contribution >= 0.6 is 11.3 Å². The molecule has 128 valence electrons. The van der Waals surface area contributed by atoms with Crippen LogP contribution < -0.4 is 5.32 Å². The van der Waals surface area contributed by atoms with Gasteiger partial charge in [-0.1, -0.05) is 56.7 Å². The molecule has 25 heavy (non-hydrogen) atoms. The summed E-state index contributed by atoms with van der Waals surface area (Å²) >= 11 is 1.45. The fourth-order valence-electron chi connectivity index (χ4n) is 2.66. The molecule has 0 saturated heterocycles. The molecule has 0 atom stereocenters. The number of amides is 1. The molecule has 2 aromatic carbocycles. The highest BCUT2D eigenvalue weighted by Crippen LogP contribution is 2.25. The highest BCUT2D eigenvalue weighted by atomic mass is 32.1. The zero-order valence-corrected chi connectivity index (χ0v) is 15.4. The first kappa shape index (κ1) is 17.4. The van der Waals surface area contributed by atoms with E-state index in [9.17, 15) is 4.79 Å². The number of rotatable bonds is 6. The fraction of sp³-hybridized carbons (Fsp3) is 0.238. The van der Waals surface area contributed by atoms with Gasteiger partial charge in [0.05, 0.1) is 5.69 Å². The van der Waals surface area contributed by atoms with Crippen molar-refractivity contribution in [3.05, 3.63) is 70.6 Å². The van der Waals surface area contributed by atoms with E-state index in [2.05, 4.69) is 48.4 Å². The quantitative estimate of drug-likeness (QED) is 0.631. The van der Waals surface area contributed by atoms with E-state index < -0.39 is 0 Å². The van der Waals surface area contributed by atoms with Crippen molar-refractivity contribution in [2.75, 3.05) is 5.32 Å². The minimum Gasteiger partial charge on any atom is -0.298 e. The van der Waals surface area contributed by atoms with Crippen molar-refractivity contribution < 1.29 is 4.79 Å². The van der Waals surface area contributed by atoms with Crippen molar-refractivity contribution in [1.82, 2.24) is 4.98 Å². The van der Waals surface area contributed by atoms with Gasteiger partial charge in [0.15, 0.2) is 5.13 Å². The Labute approximate surface area is 152 Å². The Bertz CT molecular complexity index is 835. The minimum atomic E-state index is -0.123. The fourth-order valence-corrected chi connectivity index (χ4v) is 3.37. The predicted molar refractivity (Wildman–Crippen MR) is 105 cm³/mol. The molecule has 1 heterocycles. The Morgan fingerprint density at radius 3 is 2.32 bits per heavy atom. The van der Waals surface area contributed by atoms with Crippen molar-refractivity contribution in [1.29, 1.82) is 0 Å². The Hall–Kier alpha value is -2.46. The molecule has 0 aliphatic rings. The van der Waals surface area contributed by atoms with Crippen molar-refractivity contribution in [2.24, 2.45) is 0 Å². The van der Waals surface area contributed by atoms with Gasteiger partial charge < -0.3 is 0 Å². The molecule has 0 aliphatic heterocycles. The van der Waals surface area contributed by atoms with Gasteiger partial charge in [0, 0.05) is 16.5 Å². The molecule has 0 unspecified atom stereocenters. The van der Waals surface area contributed by atoms with Gasteiger partial charge in [0.25, 0.3) is 5.91 Å². The lowest BCUT2D eigenvalue weighted by molar-refractivity contribution is 0.102. The first-order chi connectivity index (χ1) is 12.2. The van der Waals surface area contributed by atoms with Gasteiger partial charge in [-0.15, -0.1) is 11.3 Å². The molecule has 0 aliphatic carbocycles. The van der Waals surface area contributed by atoms with Gasteiger partial charge in [-0.25, -0.2) is 4.98 Å². The summed E-state index contributed by atoms with van der Waals surface area (Å²) in [7, 11) is 0. The molecule has 0 bridgehead atoms. The molecule has 0 spiro atoms. The van der Waals surface area contributed by atoms with E-state index in [4.69, 9.17) is 0 Å². The third-order valence-electron chi connectivity index (χ3n) is 4.14. The predicted octanol–water partition coefficient (Wildman–Crippen LogP) is 5.58. The van der Waals surface area contributed by atoms with Crippen LogP contribution in [0.25, 0.3) is 11.3 Å². The van der Waals surface area contributed by atoms with Crippen molar-refractivity contribution in [3.63, 3.8) is 0 Å². The molecule has 0 saturated carbocycles. The minimum absolute atomic E-state index is 0.123. The van der Waals surface area contributed by atoms with E-state index in [0.29, 0.717) is 10.7 Å². The number of aryl methyl sites for hydroxylation is 2. The van der Waals surface area contributed by atoms with Gasteiger partial charge in [-0.3, -0.25) is 10.1 Å². The maximum absolute atomic E-state index is 12.3. The molecular weight excluding hydrogens is 328 g/mol. The van der Waals surface area contributed by atoms with E-state index >= 15 is 0 Å². The van der Waals surface area contributed by atoms with Crippen molar-refractivity contribution >= 4 is 22.4 Å². The average molecular weight is 350 g/mol. The number of nitrogens with zero attached hydrogens (tertiary/aromatic N) is 1. The smallest absolute Gasteiger partial charge is 0.257 e. The number of thiazole rings is 1. The SMILES string of the molecule is CCCc1ccc(-c2csc(NC(=O)c3ccc(CC)cc3)n2)cc1. The second kappa shape index (κ2) is 8.08. The number of hydrogen-bond acceptors (Lipinski definition) is 3. The second-order valence-electron chi connectivity index (χ2n) is 5.99. The zero-order valence-electron chi connectivity index (χ0n) is 14.6. The Kier molecular flexibility index (Phi) is 5.61. The van der Waals surface area contributed by atoms with E-state index in [1.54, 1.807) is 0 Å². The van der Waals surface area contributed by atoms with Crippen LogP contribution in [0.2, 0.25) is 0 Å². The maximum Gasteiger partial charge on any atom is 0.257 e. The molecule has 1 N–H and O–H groups in total. The Morgan fingerprint density at radius 2 is 1.68 bits per heavy atom. The number of benzene rings is 2. The van der Waals surface area contributed by atoms with Crippen LogP contribution in [0.15, 0.2) is 53.9 Å². The number of carbonyl (C=O) groups is 1. The molecule has 0 fully saturated rings. The highest BCUT2D eigenvalue weighted by molar-refractivity contribution is 7.14. The van der Waals surface area contributed by atoms with Crippen molar-refractivity contribution in [2.45, 2.75) is 33.1 Å². The van der Waals surface area contributed by atoms with Crippen molar-refractivity contribution in [3.8, 4) is 11.3 Å². The van der Waals surface area contributed by atoms with Crippen LogP contribution in [-0.2, 0) is 12.8 Å². The van der Waals surface area contributed by atoms with Crippen LogP contribution in [-0.4, -0.2) is 10.9 Å². The van der Waals surface area contributed by atoms with Gasteiger partial charge in [0.2, 0.25) is 0 Å². The summed E-state index contributed by atoms with van der Waals surface area (Å²) in [6, 6.07) is 16.2. The number of nitrogens with one attached hydrogen (secondary N) is 1. The van der Waals surface area contributed by atoms with E-state index in [1.807, 2.05) is 29.6 Å². The summed E-state index contributed by atoms with van der Waals surface area (Å²) in [4.78, 5) is 16.9. The zero-order chi connectivity index (χ0) is 17.6. The summed E-state index contributed by atoms with van der Waals surface area (Å²) in [5.41, 5.74) is 5.18. The Balaban J connectivity index is 1.69. The molecule has 1 aromatic heterocycles. The highest BCUT2D eigenvalue weighted by Gasteiger charge is 2.10. The Morgan fingerprint density at radius 1 is 1.00 bits per heavy atom. The number of carbonyl (C=O) groups excluding carboxylic acids is 1. The number of aromatic nitrogens is 1. The average Bonchev–Trinajstić information content (AvgIpc) is 3.11. The third kappa shape index (κ3) is 4.34. The molecule has 0 radical (unpaired) electrons. The molecule has 4 heteroatoms. The monoisotopic (exact) mass is 350 g/mol. The molecule has 3 nitrogen and oxygen atoms in total. The van der Waals surface area contributed by atoms with E-state index in [0.717, 1.165) is 30.5 Å². The van der Waals surface area contributed by atoms with Gasteiger partial charge in [-0.05, 0) is 36.1 Å². The first-order valence-electron chi connectivity index (χ1n) is 8.64. The lowest BCUT2D eigenvalue weighted by atomic mass is 10.1. The topological polar surface area (TPSA) is 42.0 Å². The van der Waals surface area contributed by atoms with E-state index in [1.165, 1.54) is 22.5 Å². The number of anilines is 1. The summed E-state index contributed by atoms with van der Waals surface area (Å²) in [5, 5.41) is 5.49. The summed E-state index contributed by atoms with van der Waals surface area (Å²) < 4.78 is 0. The lowest BCUT2D eigenvalue weighted by Gasteiger charge is -2.03. The van der Waals surface area contributed by atoms with Crippen LogP contribution in [0.5, 0.6) is 0 Å². The van der Waals surface area contributed by atoms with Gasteiger partial charge in [0.1, 0.15) is 0 Å². The first-order valence-corrected chi connectivity index (χ1v) is 9.52. The normalized spacial score (nSPS) is 10.6.